The Balaban J connectivity index is 2.03. The van der Waals surface area contributed by atoms with Gasteiger partial charge in [0.1, 0.15) is 5.82 Å². The van der Waals surface area contributed by atoms with Gasteiger partial charge in [-0.1, -0.05) is 18.2 Å². The monoisotopic (exact) mass is 244 g/mol. The molecule has 0 radical (unpaired) electrons. The van der Waals surface area contributed by atoms with Crippen LogP contribution in [0.2, 0.25) is 0 Å². The Morgan fingerprint density at radius 2 is 1.67 bits per heavy atom. The maximum absolute atomic E-state index is 12.8. The molecule has 0 bridgehead atoms. The molecular weight excluding hydrogens is 227 g/mol. The minimum atomic E-state index is -0.203. The number of hydrogen-bond acceptors (Lipinski definition) is 2. The van der Waals surface area contributed by atoms with Crippen molar-refractivity contribution in [3.8, 4) is 0 Å². The van der Waals surface area contributed by atoms with Crippen molar-refractivity contribution in [2.45, 2.75) is 25.9 Å². The molecule has 3 heteroatoms. The molecule has 2 nitrogen and oxygen atoms in total. The van der Waals surface area contributed by atoms with E-state index >= 15 is 0 Å². The number of hydrogen-bond donors (Lipinski definition) is 1. The zero-order valence-electron chi connectivity index (χ0n) is 10.6. The Labute approximate surface area is 107 Å². The van der Waals surface area contributed by atoms with Crippen molar-refractivity contribution in [2.24, 2.45) is 0 Å². The van der Waals surface area contributed by atoms with Crippen LogP contribution in [0.4, 0.5) is 4.39 Å². The summed E-state index contributed by atoms with van der Waals surface area (Å²) in [5.74, 6) is -0.203. The topological polar surface area (TPSA) is 24.9 Å². The summed E-state index contributed by atoms with van der Waals surface area (Å²) in [6.07, 6.45) is 3.62. The van der Waals surface area contributed by atoms with Crippen molar-refractivity contribution < 1.29 is 4.39 Å². The van der Waals surface area contributed by atoms with Gasteiger partial charge in [-0.3, -0.25) is 4.98 Å². The molecule has 1 aromatic carbocycles. The third-order valence-corrected chi connectivity index (χ3v) is 3.05. The predicted octanol–water partition coefficient (Wildman–Crippen LogP) is 3.63. The summed E-state index contributed by atoms with van der Waals surface area (Å²) in [5.41, 5.74) is 2.22. The lowest BCUT2D eigenvalue weighted by atomic mass is 10.1. The maximum Gasteiger partial charge on any atom is 0.123 e. The quantitative estimate of drug-likeness (QED) is 0.888. The fraction of sp³-hybridized carbons (Fsp3) is 0.267. The molecule has 2 rings (SSSR count). The Morgan fingerprint density at radius 3 is 2.28 bits per heavy atom. The fourth-order valence-corrected chi connectivity index (χ4v) is 1.95. The lowest BCUT2D eigenvalue weighted by molar-refractivity contribution is 0.493. The van der Waals surface area contributed by atoms with Gasteiger partial charge in [0, 0.05) is 24.5 Å². The number of halogens is 1. The summed E-state index contributed by atoms with van der Waals surface area (Å²) in [5, 5.41) is 3.47. The lowest BCUT2D eigenvalue weighted by Gasteiger charge is -2.20. The third-order valence-electron chi connectivity index (χ3n) is 3.05. The second kappa shape index (κ2) is 5.74. The normalized spacial score (nSPS) is 14.2. The number of benzene rings is 1. The zero-order valence-corrected chi connectivity index (χ0v) is 10.6. The van der Waals surface area contributed by atoms with Crippen LogP contribution in [-0.2, 0) is 0 Å². The molecule has 1 N–H and O–H groups in total. The number of nitrogens with one attached hydrogen (secondary N) is 1. The summed E-state index contributed by atoms with van der Waals surface area (Å²) in [6, 6.07) is 10.9. The van der Waals surface area contributed by atoms with Gasteiger partial charge in [0.25, 0.3) is 0 Å². The molecule has 0 aliphatic carbocycles. The molecule has 0 fully saturated rings. The van der Waals surface area contributed by atoms with Gasteiger partial charge in [-0.2, -0.15) is 0 Å². The van der Waals surface area contributed by atoms with Crippen molar-refractivity contribution in [3.63, 3.8) is 0 Å². The molecule has 18 heavy (non-hydrogen) atoms. The van der Waals surface area contributed by atoms with Crippen molar-refractivity contribution in [1.29, 1.82) is 0 Å². The molecular formula is C15H17FN2. The molecule has 0 spiro atoms. The van der Waals surface area contributed by atoms with E-state index in [2.05, 4.69) is 24.1 Å². The molecule has 0 aliphatic rings. The van der Waals surface area contributed by atoms with Crippen molar-refractivity contribution in [3.05, 3.63) is 65.7 Å². The van der Waals surface area contributed by atoms with Gasteiger partial charge in [-0.15, -0.1) is 0 Å². The van der Waals surface area contributed by atoms with E-state index in [1.807, 2.05) is 30.5 Å². The summed E-state index contributed by atoms with van der Waals surface area (Å²) in [7, 11) is 0. The van der Waals surface area contributed by atoms with E-state index in [4.69, 9.17) is 0 Å². The van der Waals surface area contributed by atoms with Gasteiger partial charge in [0.2, 0.25) is 0 Å². The molecule has 0 aliphatic heterocycles. The molecule has 0 saturated carbocycles. The Kier molecular flexibility index (Phi) is 4.05. The summed E-state index contributed by atoms with van der Waals surface area (Å²) >= 11 is 0. The Bertz CT molecular complexity index is 482. The SMILES string of the molecule is CC(N[C@H](C)c1ccc(F)cc1)c1cccnc1. The molecule has 2 atom stereocenters. The predicted molar refractivity (Wildman–Crippen MR) is 70.6 cm³/mol. The van der Waals surface area contributed by atoms with Crippen molar-refractivity contribution in [1.82, 2.24) is 10.3 Å². The van der Waals surface area contributed by atoms with E-state index in [1.165, 1.54) is 12.1 Å². The van der Waals surface area contributed by atoms with Gasteiger partial charge in [-0.05, 0) is 43.2 Å². The molecule has 1 heterocycles. The first kappa shape index (κ1) is 12.7. The zero-order chi connectivity index (χ0) is 13.0. The first-order valence-electron chi connectivity index (χ1n) is 6.08. The Hall–Kier alpha value is -1.74. The smallest absolute Gasteiger partial charge is 0.123 e. The highest BCUT2D eigenvalue weighted by atomic mass is 19.1. The highest BCUT2D eigenvalue weighted by Gasteiger charge is 2.10. The number of pyridine rings is 1. The minimum absolute atomic E-state index is 0.167. The molecule has 94 valence electrons. The van der Waals surface area contributed by atoms with Gasteiger partial charge < -0.3 is 5.32 Å². The van der Waals surface area contributed by atoms with Crippen LogP contribution in [0.3, 0.4) is 0 Å². The van der Waals surface area contributed by atoms with E-state index in [0.717, 1.165) is 11.1 Å². The molecule has 2 aromatic rings. The van der Waals surface area contributed by atoms with Crippen molar-refractivity contribution >= 4 is 0 Å². The lowest BCUT2D eigenvalue weighted by Crippen LogP contribution is -2.22. The highest BCUT2D eigenvalue weighted by molar-refractivity contribution is 5.20. The van der Waals surface area contributed by atoms with Crippen LogP contribution in [-0.4, -0.2) is 4.98 Å². The van der Waals surface area contributed by atoms with Crippen LogP contribution in [0.5, 0.6) is 0 Å². The summed E-state index contributed by atoms with van der Waals surface area (Å²) in [4.78, 5) is 4.11. The van der Waals surface area contributed by atoms with E-state index in [9.17, 15) is 4.39 Å². The van der Waals surface area contributed by atoms with Crippen LogP contribution >= 0.6 is 0 Å². The van der Waals surface area contributed by atoms with Crippen molar-refractivity contribution in [2.75, 3.05) is 0 Å². The molecule has 0 saturated heterocycles. The van der Waals surface area contributed by atoms with E-state index in [1.54, 1.807) is 6.20 Å². The van der Waals surface area contributed by atoms with Gasteiger partial charge in [-0.25, -0.2) is 4.39 Å². The van der Waals surface area contributed by atoms with E-state index in [-0.39, 0.29) is 17.9 Å². The first-order valence-corrected chi connectivity index (χ1v) is 6.08. The van der Waals surface area contributed by atoms with Gasteiger partial charge in [0.15, 0.2) is 0 Å². The minimum Gasteiger partial charge on any atom is -0.304 e. The van der Waals surface area contributed by atoms with Gasteiger partial charge in [0.05, 0.1) is 0 Å². The van der Waals surface area contributed by atoms with Gasteiger partial charge >= 0.3 is 0 Å². The number of rotatable bonds is 4. The standard InChI is InChI=1S/C15H17FN2/c1-11(13-5-7-15(16)8-6-13)18-12(2)14-4-3-9-17-10-14/h3-12,18H,1-2H3/t11-,12?/m1/s1. The number of aromatic nitrogens is 1. The molecule has 0 amide bonds. The van der Waals surface area contributed by atoms with E-state index in [0.29, 0.717) is 0 Å². The second-order valence-electron chi connectivity index (χ2n) is 4.45. The maximum atomic E-state index is 12.8. The third kappa shape index (κ3) is 3.14. The van der Waals surface area contributed by atoms with E-state index < -0.39 is 0 Å². The van der Waals surface area contributed by atoms with Crippen LogP contribution in [0.1, 0.15) is 37.1 Å². The van der Waals surface area contributed by atoms with Crippen LogP contribution < -0.4 is 5.32 Å². The average Bonchev–Trinajstić information content (AvgIpc) is 2.40. The number of nitrogens with zero attached hydrogens (tertiary/aromatic N) is 1. The van der Waals surface area contributed by atoms with Crippen LogP contribution in [0.25, 0.3) is 0 Å². The molecule has 1 unspecified atom stereocenters. The summed E-state index contributed by atoms with van der Waals surface area (Å²) in [6.45, 7) is 4.16. The molecule has 1 aromatic heterocycles. The summed E-state index contributed by atoms with van der Waals surface area (Å²) < 4.78 is 12.8. The fourth-order valence-electron chi connectivity index (χ4n) is 1.95. The van der Waals surface area contributed by atoms with Crippen LogP contribution in [0.15, 0.2) is 48.8 Å². The average molecular weight is 244 g/mol. The first-order chi connectivity index (χ1) is 8.66. The Morgan fingerprint density at radius 1 is 1.00 bits per heavy atom. The second-order valence-corrected chi connectivity index (χ2v) is 4.45. The van der Waals surface area contributed by atoms with Crippen LogP contribution in [0, 0.1) is 5.82 Å². The largest absolute Gasteiger partial charge is 0.304 e. The highest BCUT2D eigenvalue weighted by Crippen LogP contribution is 2.18.